The summed E-state index contributed by atoms with van der Waals surface area (Å²) in [7, 11) is 0. The summed E-state index contributed by atoms with van der Waals surface area (Å²) in [4.78, 5) is 4.17. The molecule has 1 aromatic rings. The van der Waals surface area contributed by atoms with Crippen molar-refractivity contribution in [2.45, 2.75) is 51.0 Å². The summed E-state index contributed by atoms with van der Waals surface area (Å²) in [5, 5.41) is 10.8. The quantitative estimate of drug-likeness (QED) is 0.902. The van der Waals surface area contributed by atoms with E-state index in [0.717, 1.165) is 24.2 Å². The Morgan fingerprint density at radius 3 is 2.32 bits per heavy atom. The Kier molecular flexibility index (Phi) is 2.70. The van der Waals surface area contributed by atoms with Crippen molar-refractivity contribution in [3.8, 4) is 0 Å². The van der Waals surface area contributed by atoms with Crippen molar-refractivity contribution < 1.29 is 5.11 Å². The maximum absolute atomic E-state index is 10.8. The van der Waals surface area contributed by atoms with Crippen LogP contribution >= 0.6 is 0 Å². The Bertz CT molecular complexity index is 420. The van der Waals surface area contributed by atoms with E-state index in [-0.39, 0.29) is 11.5 Å². The summed E-state index contributed by atoms with van der Waals surface area (Å²) in [6, 6.07) is 4.07. The van der Waals surface area contributed by atoms with E-state index in [1.54, 1.807) is 6.20 Å². The largest absolute Gasteiger partial charge is 0.392 e. The number of aromatic nitrogens is 1. The standard InChI is InChI=1S/C17H23NO/c19-16(7-12-2-1-3-18-11-12)17-8-13-4-14(9-17)6-15(5-13)10-17/h1-3,11,13-16,19H,4-10H2. The van der Waals surface area contributed by atoms with E-state index in [1.807, 2.05) is 12.3 Å². The van der Waals surface area contributed by atoms with Gasteiger partial charge < -0.3 is 5.11 Å². The molecule has 4 aliphatic rings. The molecule has 4 saturated carbocycles. The first-order valence-electron chi connectivity index (χ1n) is 7.80. The number of nitrogens with zero attached hydrogens (tertiary/aromatic N) is 1. The molecule has 0 spiro atoms. The lowest BCUT2D eigenvalue weighted by Gasteiger charge is -2.58. The second-order valence-corrected chi connectivity index (χ2v) is 7.36. The molecule has 0 aromatic carbocycles. The summed E-state index contributed by atoms with van der Waals surface area (Å²) in [5.74, 6) is 2.74. The monoisotopic (exact) mass is 257 g/mol. The molecule has 0 radical (unpaired) electrons. The van der Waals surface area contributed by atoms with Crippen LogP contribution in [0.1, 0.15) is 44.1 Å². The summed E-state index contributed by atoms with van der Waals surface area (Å²) in [6.07, 6.45) is 12.5. The van der Waals surface area contributed by atoms with Gasteiger partial charge in [-0.15, -0.1) is 0 Å². The molecule has 1 unspecified atom stereocenters. The zero-order valence-corrected chi connectivity index (χ0v) is 11.5. The van der Waals surface area contributed by atoms with Gasteiger partial charge in [0.15, 0.2) is 0 Å². The average molecular weight is 257 g/mol. The molecular formula is C17H23NO. The second kappa shape index (κ2) is 4.31. The van der Waals surface area contributed by atoms with E-state index in [2.05, 4.69) is 11.1 Å². The van der Waals surface area contributed by atoms with E-state index >= 15 is 0 Å². The predicted octanol–water partition coefficient (Wildman–Crippen LogP) is 3.20. The van der Waals surface area contributed by atoms with Crippen molar-refractivity contribution >= 4 is 0 Å². The molecule has 1 N–H and O–H groups in total. The Morgan fingerprint density at radius 2 is 1.79 bits per heavy atom. The lowest BCUT2D eigenvalue weighted by Crippen LogP contribution is -2.52. The Balaban J connectivity index is 1.55. The van der Waals surface area contributed by atoms with Crippen LogP contribution in [0.25, 0.3) is 0 Å². The van der Waals surface area contributed by atoms with Crippen molar-refractivity contribution in [3.63, 3.8) is 0 Å². The average Bonchev–Trinajstić information content (AvgIpc) is 2.38. The van der Waals surface area contributed by atoms with Gasteiger partial charge >= 0.3 is 0 Å². The van der Waals surface area contributed by atoms with E-state index < -0.39 is 0 Å². The number of hydrogen-bond donors (Lipinski definition) is 1. The van der Waals surface area contributed by atoms with Crippen molar-refractivity contribution in [1.29, 1.82) is 0 Å². The molecule has 19 heavy (non-hydrogen) atoms. The van der Waals surface area contributed by atoms with Gasteiger partial charge in [-0.3, -0.25) is 4.98 Å². The first-order valence-corrected chi connectivity index (χ1v) is 7.80. The third-order valence-electron chi connectivity index (χ3n) is 5.94. The number of aliphatic hydroxyl groups excluding tert-OH is 1. The van der Waals surface area contributed by atoms with Gasteiger partial charge in [0.2, 0.25) is 0 Å². The molecule has 1 heterocycles. The van der Waals surface area contributed by atoms with E-state index in [4.69, 9.17) is 0 Å². The van der Waals surface area contributed by atoms with Crippen molar-refractivity contribution in [3.05, 3.63) is 30.1 Å². The van der Waals surface area contributed by atoms with E-state index in [9.17, 15) is 5.11 Å². The zero-order valence-electron chi connectivity index (χ0n) is 11.5. The highest BCUT2D eigenvalue weighted by atomic mass is 16.3. The molecule has 2 heteroatoms. The zero-order chi connectivity index (χ0) is 12.9. The maximum atomic E-state index is 10.8. The molecule has 5 rings (SSSR count). The highest BCUT2D eigenvalue weighted by molar-refractivity contribution is 5.13. The van der Waals surface area contributed by atoms with Crippen LogP contribution in [-0.2, 0) is 6.42 Å². The summed E-state index contributed by atoms with van der Waals surface area (Å²) >= 11 is 0. The number of hydrogen-bond acceptors (Lipinski definition) is 2. The fourth-order valence-electron chi connectivity index (χ4n) is 5.54. The van der Waals surface area contributed by atoms with Crippen molar-refractivity contribution in [1.82, 2.24) is 4.98 Å². The van der Waals surface area contributed by atoms with Gasteiger partial charge in [0.25, 0.3) is 0 Å². The smallest absolute Gasteiger partial charge is 0.0637 e. The third kappa shape index (κ3) is 2.01. The van der Waals surface area contributed by atoms with E-state index in [1.165, 1.54) is 44.1 Å². The number of pyridine rings is 1. The third-order valence-corrected chi connectivity index (χ3v) is 5.94. The molecule has 102 valence electrons. The normalized spacial score (nSPS) is 41.4. The minimum Gasteiger partial charge on any atom is -0.392 e. The van der Waals surface area contributed by atoms with Gasteiger partial charge in [-0.05, 0) is 73.3 Å². The number of aliphatic hydroxyl groups is 1. The molecule has 4 aliphatic carbocycles. The summed E-state index contributed by atoms with van der Waals surface area (Å²) in [6.45, 7) is 0. The first kappa shape index (κ1) is 11.9. The van der Waals surface area contributed by atoms with Crippen LogP contribution in [0.15, 0.2) is 24.5 Å². The van der Waals surface area contributed by atoms with Crippen LogP contribution in [0.3, 0.4) is 0 Å². The molecule has 0 amide bonds. The van der Waals surface area contributed by atoms with Crippen LogP contribution in [0, 0.1) is 23.2 Å². The van der Waals surface area contributed by atoms with Crippen LogP contribution in [-0.4, -0.2) is 16.2 Å². The molecule has 1 aromatic heterocycles. The van der Waals surface area contributed by atoms with Crippen LogP contribution in [0.5, 0.6) is 0 Å². The lowest BCUT2D eigenvalue weighted by atomic mass is 9.48. The predicted molar refractivity (Wildman–Crippen MR) is 74.6 cm³/mol. The Labute approximate surface area is 115 Å². The van der Waals surface area contributed by atoms with Gasteiger partial charge in [0.1, 0.15) is 0 Å². The topological polar surface area (TPSA) is 33.1 Å². The SMILES string of the molecule is OC(Cc1cccnc1)C12CC3CC(CC(C3)C1)C2. The van der Waals surface area contributed by atoms with Crippen LogP contribution < -0.4 is 0 Å². The Morgan fingerprint density at radius 1 is 1.16 bits per heavy atom. The molecule has 0 saturated heterocycles. The maximum Gasteiger partial charge on any atom is 0.0637 e. The molecule has 4 bridgehead atoms. The second-order valence-electron chi connectivity index (χ2n) is 7.36. The summed E-state index contributed by atoms with van der Waals surface area (Å²) < 4.78 is 0. The molecular weight excluding hydrogens is 234 g/mol. The highest BCUT2D eigenvalue weighted by Crippen LogP contribution is 2.61. The Hall–Kier alpha value is -0.890. The fourth-order valence-corrected chi connectivity index (χ4v) is 5.54. The van der Waals surface area contributed by atoms with Crippen LogP contribution in [0.4, 0.5) is 0 Å². The van der Waals surface area contributed by atoms with Gasteiger partial charge in [-0.25, -0.2) is 0 Å². The molecule has 1 atom stereocenters. The van der Waals surface area contributed by atoms with Crippen molar-refractivity contribution in [2.24, 2.45) is 23.2 Å². The van der Waals surface area contributed by atoms with E-state index in [0.29, 0.717) is 0 Å². The van der Waals surface area contributed by atoms with Crippen LogP contribution in [0.2, 0.25) is 0 Å². The van der Waals surface area contributed by atoms with Gasteiger partial charge in [-0.2, -0.15) is 0 Å². The van der Waals surface area contributed by atoms with Gasteiger partial charge in [0.05, 0.1) is 6.10 Å². The minimum absolute atomic E-state index is 0.162. The van der Waals surface area contributed by atoms with Gasteiger partial charge in [0, 0.05) is 18.8 Å². The first-order chi connectivity index (χ1) is 9.23. The highest BCUT2D eigenvalue weighted by Gasteiger charge is 2.53. The summed E-state index contributed by atoms with van der Waals surface area (Å²) in [5.41, 5.74) is 1.43. The minimum atomic E-state index is -0.162. The van der Waals surface area contributed by atoms with Gasteiger partial charge in [-0.1, -0.05) is 6.07 Å². The van der Waals surface area contributed by atoms with Crippen molar-refractivity contribution in [2.75, 3.05) is 0 Å². The molecule has 0 aliphatic heterocycles. The number of rotatable bonds is 3. The molecule has 2 nitrogen and oxygen atoms in total. The lowest BCUT2D eigenvalue weighted by molar-refractivity contribution is -0.119. The fraction of sp³-hybridized carbons (Fsp3) is 0.706. The molecule has 4 fully saturated rings.